The molecule has 0 aliphatic carbocycles. The maximum absolute atomic E-state index is 2.29. The van der Waals surface area contributed by atoms with Gasteiger partial charge in [0.05, 0.1) is 0 Å². The van der Waals surface area contributed by atoms with E-state index < -0.39 is 0 Å². The lowest BCUT2D eigenvalue weighted by Crippen LogP contribution is -2.09. The first-order chi connectivity index (χ1) is 5.92. The summed E-state index contributed by atoms with van der Waals surface area (Å²) in [5.41, 5.74) is 3.15. The van der Waals surface area contributed by atoms with Crippen LogP contribution in [-0.2, 0) is 5.75 Å². The van der Waals surface area contributed by atoms with Crippen molar-refractivity contribution in [1.29, 1.82) is 0 Å². The molecule has 1 unspecified atom stereocenters. The summed E-state index contributed by atoms with van der Waals surface area (Å²) in [6.45, 7) is 2.29. The number of fused-ring (bicyclic) bond motifs is 1. The third-order valence-corrected chi connectivity index (χ3v) is 3.72. The van der Waals surface area contributed by atoms with Gasteiger partial charge in [0.25, 0.3) is 0 Å². The van der Waals surface area contributed by atoms with E-state index in [0.717, 1.165) is 5.92 Å². The minimum atomic E-state index is 0.806. The molecule has 0 spiro atoms. The first kappa shape index (κ1) is 8.18. The van der Waals surface area contributed by atoms with Crippen molar-refractivity contribution in [2.45, 2.75) is 25.0 Å². The zero-order valence-corrected chi connectivity index (χ0v) is 8.23. The Morgan fingerprint density at radius 3 is 3.08 bits per heavy atom. The highest BCUT2D eigenvalue weighted by Crippen LogP contribution is 2.34. The molecule has 1 aliphatic rings. The molecule has 1 aliphatic heterocycles. The van der Waals surface area contributed by atoms with Gasteiger partial charge in [0, 0.05) is 11.5 Å². The molecule has 2 rings (SSSR count). The van der Waals surface area contributed by atoms with E-state index in [1.807, 2.05) is 0 Å². The Morgan fingerprint density at radius 2 is 2.25 bits per heavy atom. The quantitative estimate of drug-likeness (QED) is 0.635. The van der Waals surface area contributed by atoms with Gasteiger partial charge in [-0.15, -0.1) is 0 Å². The minimum absolute atomic E-state index is 0.806. The fourth-order valence-corrected chi connectivity index (χ4v) is 3.10. The van der Waals surface area contributed by atoms with Crippen LogP contribution in [0.2, 0.25) is 0 Å². The Morgan fingerprint density at radius 1 is 1.42 bits per heavy atom. The molecular weight excluding hydrogens is 164 g/mol. The second-order valence-corrected chi connectivity index (χ2v) is 4.35. The van der Waals surface area contributed by atoms with Gasteiger partial charge in [0.15, 0.2) is 0 Å². The molecule has 1 atom stereocenters. The lowest BCUT2D eigenvalue weighted by atomic mass is 9.94. The molecule has 12 heavy (non-hydrogen) atoms. The first-order valence-corrected chi connectivity index (χ1v) is 5.73. The van der Waals surface area contributed by atoms with Gasteiger partial charge in [-0.3, -0.25) is 0 Å². The van der Waals surface area contributed by atoms with Crippen molar-refractivity contribution < 1.29 is 0 Å². The van der Waals surface area contributed by atoms with Crippen LogP contribution in [0, 0.1) is 0 Å². The lowest BCUT2D eigenvalue weighted by Gasteiger charge is -2.23. The molecular formula is C11H14S. The monoisotopic (exact) mass is 178 g/mol. The zero-order valence-electron chi connectivity index (χ0n) is 7.42. The van der Waals surface area contributed by atoms with Crippen LogP contribution in [0.25, 0.3) is 0 Å². The van der Waals surface area contributed by atoms with E-state index in [0.29, 0.717) is 0 Å². The second-order valence-electron chi connectivity index (χ2n) is 3.32. The Hall–Kier alpha value is -0.430. The van der Waals surface area contributed by atoms with Crippen molar-refractivity contribution in [1.82, 2.24) is 0 Å². The van der Waals surface area contributed by atoms with Crippen molar-refractivity contribution in [2.24, 2.45) is 0 Å². The van der Waals surface area contributed by atoms with Gasteiger partial charge in [-0.05, 0) is 23.5 Å². The minimum Gasteiger partial charge on any atom is -0.157 e. The number of rotatable bonds is 1. The molecule has 0 saturated heterocycles. The lowest BCUT2D eigenvalue weighted by molar-refractivity contribution is 0.730. The van der Waals surface area contributed by atoms with E-state index in [1.54, 1.807) is 11.1 Å². The summed E-state index contributed by atoms with van der Waals surface area (Å²) in [6, 6.07) is 8.88. The summed E-state index contributed by atoms with van der Waals surface area (Å²) in [6.07, 6.45) is 1.28. The molecule has 1 heteroatoms. The summed E-state index contributed by atoms with van der Waals surface area (Å²) in [5.74, 6) is 3.33. The van der Waals surface area contributed by atoms with Crippen LogP contribution in [0.3, 0.4) is 0 Å². The van der Waals surface area contributed by atoms with E-state index in [1.165, 1.54) is 17.9 Å². The Labute approximate surface area is 78.4 Å². The third kappa shape index (κ3) is 1.38. The molecule has 0 saturated carbocycles. The molecule has 0 N–H and O–H groups in total. The predicted octanol–water partition coefficient (Wildman–Crippen LogP) is 3.43. The SMILES string of the molecule is CCC1CSCc2ccccc21. The van der Waals surface area contributed by atoms with Crippen molar-refractivity contribution in [3.05, 3.63) is 35.4 Å². The van der Waals surface area contributed by atoms with Crippen molar-refractivity contribution in [2.75, 3.05) is 5.75 Å². The van der Waals surface area contributed by atoms with Gasteiger partial charge in [-0.25, -0.2) is 0 Å². The average Bonchev–Trinajstić information content (AvgIpc) is 2.17. The molecule has 0 nitrogen and oxygen atoms in total. The standard InChI is InChI=1S/C11H14S/c1-2-9-7-12-8-10-5-3-4-6-11(9)10/h3-6,9H,2,7-8H2,1H3. The largest absolute Gasteiger partial charge is 0.157 e. The van der Waals surface area contributed by atoms with Gasteiger partial charge in [-0.1, -0.05) is 31.2 Å². The third-order valence-electron chi connectivity index (χ3n) is 2.56. The zero-order chi connectivity index (χ0) is 8.39. The maximum Gasteiger partial charge on any atom is 0.0187 e. The average molecular weight is 178 g/mol. The van der Waals surface area contributed by atoms with E-state index in [4.69, 9.17) is 0 Å². The summed E-state index contributed by atoms with van der Waals surface area (Å²) in [7, 11) is 0. The predicted molar refractivity (Wildman–Crippen MR) is 55.6 cm³/mol. The van der Waals surface area contributed by atoms with E-state index >= 15 is 0 Å². The Bertz CT molecular complexity index is 267. The molecule has 1 aromatic rings. The highest BCUT2D eigenvalue weighted by Gasteiger charge is 2.17. The summed E-state index contributed by atoms with van der Waals surface area (Å²) in [4.78, 5) is 0. The topological polar surface area (TPSA) is 0 Å². The molecule has 0 aromatic heterocycles. The van der Waals surface area contributed by atoms with Gasteiger partial charge in [0.2, 0.25) is 0 Å². The highest BCUT2D eigenvalue weighted by molar-refractivity contribution is 7.98. The second kappa shape index (κ2) is 3.53. The Kier molecular flexibility index (Phi) is 2.40. The van der Waals surface area contributed by atoms with Crippen LogP contribution >= 0.6 is 11.8 Å². The van der Waals surface area contributed by atoms with Crippen LogP contribution in [-0.4, -0.2) is 5.75 Å². The van der Waals surface area contributed by atoms with Crippen LogP contribution in [0.5, 0.6) is 0 Å². The van der Waals surface area contributed by atoms with Crippen molar-refractivity contribution >= 4 is 11.8 Å². The van der Waals surface area contributed by atoms with Crippen molar-refractivity contribution in [3.63, 3.8) is 0 Å². The van der Waals surface area contributed by atoms with Gasteiger partial charge in [0.1, 0.15) is 0 Å². The van der Waals surface area contributed by atoms with E-state index in [2.05, 4.69) is 43.0 Å². The molecule has 0 radical (unpaired) electrons. The van der Waals surface area contributed by atoms with Crippen LogP contribution in [0.15, 0.2) is 24.3 Å². The first-order valence-electron chi connectivity index (χ1n) is 4.57. The summed E-state index contributed by atoms with van der Waals surface area (Å²) < 4.78 is 0. The smallest absolute Gasteiger partial charge is 0.0187 e. The van der Waals surface area contributed by atoms with Crippen LogP contribution < -0.4 is 0 Å². The number of thioether (sulfide) groups is 1. The fraction of sp³-hybridized carbons (Fsp3) is 0.455. The van der Waals surface area contributed by atoms with Gasteiger partial charge < -0.3 is 0 Å². The number of hydrogen-bond donors (Lipinski definition) is 0. The van der Waals surface area contributed by atoms with Gasteiger partial charge in [-0.2, -0.15) is 11.8 Å². The summed E-state index contributed by atoms with van der Waals surface area (Å²) >= 11 is 2.07. The van der Waals surface area contributed by atoms with E-state index in [9.17, 15) is 0 Å². The molecule has 64 valence electrons. The van der Waals surface area contributed by atoms with Crippen LogP contribution in [0.1, 0.15) is 30.4 Å². The number of benzene rings is 1. The molecule has 0 amide bonds. The van der Waals surface area contributed by atoms with Crippen LogP contribution in [0.4, 0.5) is 0 Å². The molecule has 1 heterocycles. The number of hydrogen-bond acceptors (Lipinski definition) is 1. The molecule has 1 aromatic carbocycles. The Balaban J connectivity index is 2.37. The van der Waals surface area contributed by atoms with Crippen molar-refractivity contribution in [3.8, 4) is 0 Å². The molecule has 0 bridgehead atoms. The van der Waals surface area contributed by atoms with Gasteiger partial charge >= 0.3 is 0 Å². The summed E-state index contributed by atoms with van der Waals surface area (Å²) in [5, 5.41) is 0. The maximum atomic E-state index is 2.29. The molecule has 0 fully saturated rings. The highest BCUT2D eigenvalue weighted by atomic mass is 32.2. The van der Waals surface area contributed by atoms with E-state index in [-0.39, 0.29) is 0 Å². The fourth-order valence-electron chi connectivity index (χ4n) is 1.80. The normalized spacial score (nSPS) is 21.9.